The van der Waals surface area contributed by atoms with E-state index in [1.807, 2.05) is 0 Å². The second-order valence-electron chi connectivity index (χ2n) is 2.18. The molecule has 0 aliphatic carbocycles. The maximum Gasteiger partial charge on any atom is 0.302 e. The Morgan fingerprint density at radius 2 is 2.27 bits per heavy atom. The SMILES string of the molecule is CC(=O)OC(C)CCOC=O. The molecule has 0 aromatic rings. The summed E-state index contributed by atoms with van der Waals surface area (Å²) in [5.74, 6) is -0.316. The fourth-order valence-corrected chi connectivity index (χ4v) is 0.624. The maximum atomic E-state index is 10.4. The summed E-state index contributed by atoms with van der Waals surface area (Å²) in [6, 6.07) is 0. The molecule has 1 unspecified atom stereocenters. The Bertz CT molecular complexity index is 132. The molecule has 0 spiro atoms. The Hall–Kier alpha value is -1.06. The van der Waals surface area contributed by atoms with Gasteiger partial charge in [-0.1, -0.05) is 0 Å². The quantitative estimate of drug-likeness (QED) is 0.334. The van der Waals surface area contributed by atoms with Crippen LogP contribution in [-0.4, -0.2) is 25.2 Å². The average Bonchev–Trinajstić information content (AvgIpc) is 1.86. The van der Waals surface area contributed by atoms with Crippen molar-refractivity contribution >= 4 is 12.4 Å². The van der Waals surface area contributed by atoms with E-state index in [4.69, 9.17) is 4.74 Å². The van der Waals surface area contributed by atoms with E-state index >= 15 is 0 Å². The van der Waals surface area contributed by atoms with Crippen LogP contribution < -0.4 is 0 Å². The zero-order valence-corrected chi connectivity index (χ0v) is 6.70. The van der Waals surface area contributed by atoms with E-state index < -0.39 is 0 Å². The van der Waals surface area contributed by atoms with Gasteiger partial charge in [-0.25, -0.2) is 0 Å². The van der Waals surface area contributed by atoms with E-state index in [2.05, 4.69) is 4.74 Å². The van der Waals surface area contributed by atoms with Gasteiger partial charge in [-0.3, -0.25) is 9.59 Å². The van der Waals surface area contributed by atoms with Crippen LogP contribution in [0.15, 0.2) is 0 Å². The van der Waals surface area contributed by atoms with Gasteiger partial charge in [0.15, 0.2) is 0 Å². The molecule has 1 atom stereocenters. The van der Waals surface area contributed by atoms with Gasteiger partial charge in [0.1, 0.15) is 6.10 Å². The molecule has 0 fully saturated rings. The number of hydrogen-bond donors (Lipinski definition) is 0. The van der Waals surface area contributed by atoms with Crippen molar-refractivity contribution in [3.8, 4) is 0 Å². The van der Waals surface area contributed by atoms with Crippen molar-refractivity contribution in [2.45, 2.75) is 26.4 Å². The van der Waals surface area contributed by atoms with Crippen LogP contribution in [0.3, 0.4) is 0 Å². The van der Waals surface area contributed by atoms with Gasteiger partial charge < -0.3 is 9.47 Å². The molecule has 0 aromatic carbocycles. The van der Waals surface area contributed by atoms with Gasteiger partial charge in [0.05, 0.1) is 6.61 Å². The molecule has 0 saturated carbocycles. The lowest BCUT2D eigenvalue weighted by molar-refractivity contribution is -0.146. The van der Waals surface area contributed by atoms with Crippen molar-refractivity contribution in [2.24, 2.45) is 0 Å². The standard InChI is InChI=1S/C7H12O4/c1-6(11-7(2)9)3-4-10-5-8/h5-6H,3-4H2,1-2H3. The first-order valence-corrected chi connectivity index (χ1v) is 3.39. The summed E-state index contributed by atoms with van der Waals surface area (Å²) in [6.45, 7) is 3.76. The minimum Gasteiger partial charge on any atom is -0.468 e. The summed E-state index contributed by atoms with van der Waals surface area (Å²) < 4.78 is 9.18. The highest BCUT2D eigenvalue weighted by atomic mass is 16.5. The fraction of sp³-hybridized carbons (Fsp3) is 0.714. The fourth-order valence-electron chi connectivity index (χ4n) is 0.624. The Kier molecular flexibility index (Phi) is 5.15. The Balaban J connectivity index is 3.28. The summed E-state index contributed by atoms with van der Waals surface area (Å²) >= 11 is 0. The minimum atomic E-state index is -0.316. The predicted octanol–water partition coefficient (Wildman–Crippen LogP) is 0.501. The van der Waals surface area contributed by atoms with Gasteiger partial charge >= 0.3 is 5.97 Å². The first-order chi connectivity index (χ1) is 5.16. The van der Waals surface area contributed by atoms with Gasteiger partial charge in [-0.2, -0.15) is 0 Å². The van der Waals surface area contributed by atoms with Gasteiger partial charge in [0.25, 0.3) is 6.47 Å². The largest absolute Gasteiger partial charge is 0.468 e. The summed E-state index contributed by atoms with van der Waals surface area (Å²) in [6.07, 6.45) is 0.352. The minimum absolute atomic E-state index is 0.188. The highest BCUT2D eigenvalue weighted by Crippen LogP contribution is 1.96. The Morgan fingerprint density at radius 1 is 1.64 bits per heavy atom. The zero-order valence-electron chi connectivity index (χ0n) is 6.70. The van der Waals surface area contributed by atoms with Gasteiger partial charge in [-0.05, 0) is 6.92 Å². The van der Waals surface area contributed by atoms with E-state index in [9.17, 15) is 9.59 Å². The van der Waals surface area contributed by atoms with Crippen molar-refractivity contribution in [1.29, 1.82) is 0 Å². The lowest BCUT2D eigenvalue weighted by atomic mass is 10.3. The van der Waals surface area contributed by atoms with Crippen LogP contribution in [0.5, 0.6) is 0 Å². The number of carbonyl (C=O) groups excluding carboxylic acids is 2. The lowest BCUT2D eigenvalue weighted by Gasteiger charge is -2.09. The van der Waals surface area contributed by atoms with Crippen LogP contribution in [0.2, 0.25) is 0 Å². The number of hydrogen-bond acceptors (Lipinski definition) is 4. The monoisotopic (exact) mass is 160 g/mol. The smallest absolute Gasteiger partial charge is 0.302 e. The molecule has 4 nitrogen and oxygen atoms in total. The molecule has 0 aliphatic rings. The molecule has 11 heavy (non-hydrogen) atoms. The first kappa shape index (κ1) is 9.94. The van der Waals surface area contributed by atoms with Crippen molar-refractivity contribution in [1.82, 2.24) is 0 Å². The number of carbonyl (C=O) groups is 2. The van der Waals surface area contributed by atoms with E-state index in [1.54, 1.807) is 6.92 Å². The normalized spacial score (nSPS) is 11.8. The second-order valence-corrected chi connectivity index (χ2v) is 2.18. The van der Waals surface area contributed by atoms with Crippen LogP contribution in [0.1, 0.15) is 20.3 Å². The van der Waals surface area contributed by atoms with Crippen LogP contribution in [0.25, 0.3) is 0 Å². The molecule has 0 amide bonds. The molecule has 4 heteroatoms. The summed E-state index contributed by atoms with van der Waals surface area (Å²) in [5.41, 5.74) is 0. The second kappa shape index (κ2) is 5.70. The first-order valence-electron chi connectivity index (χ1n) is 3.39. The van der Waals surface area contributed by atoms with E-state index in [1.165, 1.54) is 6.92 Å². The maximum absolute atomic E-state index is 10.4. The molecule has 0 saturated heterocycles. The van der Waals surface area contributed by atoms with Crippen molar-refractivity contribution in [3.63, 3.8) is 0 Å². The van der Waals surface area contributed by atoms with Crippen LogP contribution >= 0.6 is 0 Å². The van der Waals surface area contributed by atoms with Crippen LogP contribution in [0, 0.1) is 0 Å². The van der Waals surface area contributed by atoms with Crippen molar-refractivity contribution in [3.05, 3.63) is 0 Å². The van der Waals surface area contributed by atoms with Gasteiger partial charge in [-0.15, -0.1) is 0 Å². The highest BCUT2D eigenvalue weighted by molar-refractivity contribution is 5.66. The third kappa shape index (κ3) is 6.83. The molecule has 0 bridgehead atoms. The highest BCUT2D eigenvalue weighted by Gasteiger charge is 2.03. The number of ether oxygens (including phenoxy) is 2. The molecular formula is C7H12O4. The van der Waals surface area contributed by atoms with Gasteiger partial charge in [0, 0.05) is 13.3 Å². The van der Waals surface area contributed by atoms with E-state index in [-0.39, 0.29) is 18.7 Å². The predicted molar refractivity (Wildman–Crippen MR) is 37.9 cm³/mol. The molecule has 0 rings (SSSR count). The third-order valence-corrected chi connectivity index (χ3v) is 1.08. The molecule has 0 aromatic heterocycles. The van der Waals surface area contributed by atoms with Gasteiger partial charge in [0.2, 0.25) is 0 Å². The molecule has 0 N–H and O–H groups in total. The molecule has 0 radical (unpaired) electrons. The Labute approximate surface area is 65.5 Å². The van der Waals surface area contributed by atoms with E-state index in [0.29, 0.717) is 12.9 Å². The summed E-state index contributed by atoms with van der Waals surface area (Å²) in [7, 11) is 0. The third-order valence-electron chi connectivity index (χ3n) is 1.08. The summed E-state index contributed by atoms with van der Waals surface area (Å²) in [4.78, 5) is 20.0. The average molecular weight is 160 g/mol. The summed E-state index contributed by atoms with van der Waals surface area (Å²) in [5, 5.41) is 0. The van der Waals surface area contributed by atoms with Crippen molar-refractivity contribution in [2.75, 3.05) is 6.61 Å². The molecular weight excluding hydrogens is 148 g/mol. The lowest BCUT2D eigenvalue weighted by Crippen LogP contribution is -2.14. The van der Waals surface area contributed by atoms with Crippen LogP contribution in [-0.2, 0) is 19.1 Å². The Morgan fingerprint density at radius 3 is 2.73 bits per heavy atom. The topological polar surface area (TPSA) is 52.6 Å². The molecule has 0 aliphatic heterocycles. The molecule has 0 heterocycles. The molecule has 64 valence electrons. The van der Waals surface area contributed by atoms with Crippen molar-refractivity contribution < 1.29 is 19.1 Å². The zero-order chi connectivity index (χ0) is 8.69. The van der Waals surface area contributed by atoms with E-state index in [0.717, 1.165) is 0 Å². The van der Waals surface area contributed by atoms with Crippen LogP contribution in [0.4, 0.5) is 0 Å². The number of esters is 1. The number of rotatable bonds is 5.